The Morgan fingerprint density at radius 3 is 1.56 bits per heavy atom. The molecule has 0 aliphatic carbocycles. The fourth-order valence-electron chi connectivity index (χ4n) is 6.40. The average molecular weight is 848 g/mol. The highest BCUT2D eigenvalue weighted by molar-refractivity contribution is 7.47. The van der Waals surface area contributed by atoms with E-state index in [1.807, 2.05) is 27.2 Å². The van der Waals surface area contributed by atoms with Crippen LogP contribution in [0.1, 0.15) is 187 Å². The smallest absolute Gasteiger partial charge is 0.387 e. The van der Waals surface area contributed by atoms with Crippen LogP contribution in [0, 0.1) is 0 Å². The number of rotatable bonds is 42. The predicted octanol–water partition coefficient (Wildman–Crippen LogP) is 13.6. The van der Waals surface area contributed by atoms with Crippen molar-refractivity contribution in [3.8, 4) is 0 Å². The van der Waals surface area contributed by atoms with Gasteiger partial charge in [0.2, 0.25) is 5.91 Å². The van der Waals surface area contributed by atoms with Gasteiger partial charge in [0.15, 0.2) is 0 Å². The third-order valence-electron chi connectivity index (χ3n) is 10.2. The molecular weight excluding hydrogens is 756 g/mol. The van der Waals surface area contributed by atoms with Gasteiger partial charge in [-0.15, -0.1) is 0 Å². The number of nitrogens with zero attached hydrogens (tertiary/aromatic N) is 1. The van der Waals surface area contributed by atoms with Crippen molar-refractivity contribution in [2.75, 3.05) is 40.9 Å². The first-order chi connectivity index (χ1) is 28.5. The maximum absolute atomic E-state index is 12.9. The Morgan fingerprint density at radius 1 is 0.593 bits per heavy atom. The number of amides is 1. The third kappa shape index (κ3) is 43.8. The number of aliphatic hydroxyl groups excluding tert-OH is 1. The summed E-state index contributed by atoms with van der Waals surface area (Å²) >= 11 is 0. The molecule has 9 heteroatoms. The number of carbonyl (C=O) groups is 1. The third-order valence-corrected chi connectivity index (χ3v) is 11.1. The topological polar surface area (TPSA) is 105 Å². The monoisotopic (exact) mass is 848 g/mol. The maximum Gasteiger partial charge on any atom is 0.472 e. The first-order valence-electron chi connectivity index (χ1n) is 23.8. The summed E-state index contributed by atoms with van der Waals surface area (Å²) in [4.78, 5) is 23.1. The molecule has 0 radical (unpaired) electrons. The second-order valence-corrected chi connectivity index (χ2v) is 18.5. The molecule has 0 saturated carbocycles. The van der Waals surface area contributed by atoms with E-state index in [9.17, 15) is 19.4 Å². The number of phosphoric acid groups is 1. The number of quaternary nitrogens is 1. The molecule has 0 spiro atoms. The Kier molecular flexibility index (Phi) is 39.9. The van der Waals surface area contributed by atoms with E-state index in [1.54, 1.807) is 6.08 Å². The normalized spacial score (nSPS) is 14.9. The zero-order chi connectivity index (χ0) is 43.6. The molecule has 59 heavy (non-hydrogen) atoms. The summed E-state index contributed by atoms with van der Waals surface area (Å²) in [5.41, 5.74) is 0. The summed E-state index contributed by atoms with van der Waals surface area (Å²) in [6, 6.07) is -0.864. The van der Waals surface area contributed by atoms with E-state index in [1.165, 1.54) is 103 Å². The minimum Gasteiger partial charge on any atom is -0.387 e. The van der Waals surface area contributed by atoms with Crippen molar-refractivity contribution in [2.45, 2.75) is 199 Å². The zero-order valence-corrected chi connectivity index (χ0v) is 39.6. The van der Waals surface area contributed by atoms with Crippen LogP contribution in [0.2, 0.25) is 0 Å². The molecule has 0 aromatic heterocycles. The van der Waals surface area contributed by atoms with Gasteiger partial charge in [-0.25, -0.2) is 4.57 Å². The number of hydrogen-bond acceptors (Lipinski definition) is 5. The van der Waals surface area contributed by atoms with Crippen LogP contribution in [0.5, 0.6) is 0 Å². The van der Waals surface area contributed by atoms with E-state index >= 15 is 0 Å². The lowest BCUT2D eigenvalue weighted by atomic mass is 10.0. The van der Waals surface area contributed by atoms with Crippen molar-refractivity contribution < 1.29 is 32.9 Å². The lowest BCUT2D eigenvalue weighted by molar-refractivity contribution is -0.870. The molecule has 0 aromatic carbocycles. The van der Waals surface area contributed by atoms with Gasteiger partial charge in [0.05, 0.1) is 39.9 Å². The van der Waals surface area contributed by atoms with Crippen molar-refractivity contribution in [2.24, 2.45) is 0 Å². The van der Waals surface area contributed by atoms with Crippen LogP contribution in [0.25, 0.3) is 0 Å². The first kappa shape index (κ1) is 56.9. The average Bonchev–Trinajstić information content (AvgIpc) is 3.19. The maximum atomic E-state index is 12.9. The quantitative estimate of drug-likeness (QED) is 0.0245. The summed E-state index contributed by atoms with van der Waals surface area (Å²) in [5.74, 6) is -0.193. The summed E-state index contributed by atoms with van der Waals surface area (Å²) in [6.45, 7) is 4.63. The minimum absolute atomic E-state index is 0.0534. The van der Waals surface area contributed by atoms with Crippen LogP contribution in [0.4, 0.5) is 0 Å². The van der Waals surface area contributed by atoms with Crippen LogP contribution in [0.15, 0.2) is 72.9 Å². The molecular formula is C50H92N2O6P+. The van der Waals surface area contributed by atoms with Crippen molar-refractivity contribution in [1.82, 2.24) is 5.32 Å². The van der Waals surface area contributed by atoms with Gasteiger partial charge in [0.25, 0.3) is 0 Å². The highest BCUT2D eigenvalue weighted by Gasteiger charge is 2.27. The second kappa shape index (κ2) is 41.3. The molecule has 3 N–H and O–H groups in total. The highest BCUT2D eigenvalue weighted by Crippen LogP contribution is 2.43. The summed E-state index contributed by atoms with van der Waals surface area (Å²) < 4.78 is 23.5. The highest BCUT2D eigenvalue weighted by atomic mass is 31.2. The lowest BCUT2D eigenvalue weighted by Crippen LogP contribution is -2.45. The van der Waals surface area contributed by atoms with E-state index in [2.05, 4.69) is 79.9 Å². The van der Waals surface area contributed by atoms with Crippen molar-refractivity contribution >= 4 is 13.7 Å². The van der Waals surface area contributed by atoms with Gasteiger partial charge in [-0.1, -0.05) is 183 Å². The fourth-order valence-corrected chi connectivity index (χ4v) is 7.14. The number of unbranched alkanes of at least 4 members (excludes halogenated alkanes) is 19. The minimum atomic E-state index is -4.34. The number of phosphoric ester groups is 1. The standard InChI is InChI=1S/C50H91N2O6P/c1-6-8-10-12-14-16-18-19-20-21-22-23-24-25-26-27-28-29-30-31-32-33-34-36-38-40-42-44-50(54)51-48(47-58-59(55,56)57-46-45-52(3,4)5)49(53)43-41-39-37-35-17-15-13-11-9-7-2/h8,10,14,16-17,19-20,22-23,35,41,43,48-49,53H,6-7,9,11-13,15,18,21,24-34,36-40,42,44-47H2,1-5H3,(H-,51,54,55,56)/p+1/b10-8-,16-14-,20-19-,23-22-,35-17+,43-41+. The van der Waals surface area contributed by atoms with Gasteiger partial charge in [-0.2, -0.15) is 0 Å². The van der Waals surface area contributed by atoms with Gasteiger partial charge in [0.1, 0.15) is 13.2 Å². The first-order valence-corrected chi connectivity index (χ1v) is 25.3. The lowest BCUT2D eigenvalue weighted by Gasteiger charge is -2.25. The molecule has 0 aromatic rings. The molecule has 0 heterocycles. The van der Waals surface area contributed by atoms with Gasteiger partial charge < -0.3 is 19.8 Å². The Hall–Kier alpha value is -2.06. The zero-order valence-electron chi connectivity index (χ0n) is 38.7. The Balaban J connectivity index is 4.17. The van der Waals surface area contributed by atoms with Crippen molar-refractivity contribution in [1.29, 1.82) is 0 Å². The largest absolute Gasteiger partial charge is 0.472 e. The van der Waals surface area contributed by atoms with Crippen LogP contribution >= 0.6 is 7.82 Å². The van der Waals surface area contributed by atoms with Gasteiger partial charge >= 0.3 is 7.82 Å². The van der Waals surface area contributed by atoms with E-state index in [0.717, 1.165) is 64.2 Å². The SMILES string of the molecule is CC/C=C\C/C=C\C/C=C\C/C=C\CCCCCCCCCCCCCCCCC(=O)NC(COP(=O)(O)OCC[N+](C)(C)C)C(O)/C=C/CC/C=C/CCCCCC. The molecule has 0 aliphatic rings. The summed E-state index contributed by atoms with van der Waals surface area (Å²) in [7, 11) is 1.54. The van der Waals surface area contributed by atoms with E-state index in [0.29, 0.717) is 17.4 Å². The summed E-state index contributed by atoms with van der Waals surface area (Å²) in [6.07, 6.45) is 55.7. The molecule has 1 amide bonds. The number of likely N-dealkylation sites (N-methyl/N-ethyl adjacent to an activating group) is 1. The van der Waals surface area contributed by atoms with Crippen LogP contribution in [-0.4, -0.2) is 73.4 Å². The number of nitrogens with one attached hydrogen (secondary N) is 1. The number of carbonyl (C=O) groups excluding carboxylic acids is 1. The van der Waals surface area contributed by atoms with Gasteiger partial charge in [0, 0.05) is 6.42 Å². The second-order valence-electron chi connectivity index (χ2n) is 17.1. The molecule has 0 aliphatic heterocycles. The summed E-state index contributed by atoms with van der Waals surface area (Å²) in [5, 5.41) is 13.8. The molecule has 3 unspecified atom stereocenters. The molecule has 0 fully saturated rings. The predicted molar refractivity (Wildman–Crippen MR) is 253 cm³/mol. The molecule has 0 saturated heterocycles. The molecule has 3 atom stereocenters. The van der Waals surface area contributed by atoms with Crippen LogP contribution in [-0.2, 0) is 18.4 Å². The Bertz CT molecular complexity index is 1190. The molecule has 0 rings (SSSR count). The Morgan fingerprint density at radius 2 is 1.03 bits per heavy atom. The number of aliphatic hydroxyl groups is 1. The van der Waals surface area contributed by atoms with E-state index < -0.39 is 20.0 Å². The molecule has 8 nitrogen and oxygen atoms in total. The van der Waals surface area contributed by atoms with Gasteiger partial charge in [-0.05, 0) is 70.6 Å². The van der Waals surface area contributed by atoms with Crippen molar-refractivity contribution in [3.05, 3.63) is 72.9 Å². The van der Waals surface area contributed by atoms with Crippen LogP contribution in [0.3, 0.4) is 0 Å². The number of hydrogen-bond donors (Lipinski definition) is 3. The number of allylic oxidation sites excluding steroid dienone is 11. The van der Waals surface area contributed by atoms with E-state index in [-0.39, 0.29) is 19.1 Å². The molecule has 0 bridgehead atoms. The fraction of sp³-hybridized carbons (Fsp3) is 0.740. The van der Waals surface area contributed by atoms with Crippen LogP contribution < -0.4 is 5.32 Å². The Labute approximate surface area is 364 Å². The van der Waals surface area contributed by atoms with Crippen molar-refractivity contribution in [3.63, 3.8) is 0 Å². The molecule has 342 valence electrons. The van der Waals surface area contributed by atoms with E-state index in [4.69, 9.17) is 9.05 Å². The van der Waals surface area contributed by atoms with Gasteiger partial charge in [-0.3, -0.25) is 13.8 Å².